The highest BCUT2D eigenvalue weighted by Gasteiger charge is 2.04. The summed E-state index contributed by atoms with van der Waals surface area (Å²) in [5, 5.41) is 17.5. The molecule has 1 atom stereocenters. The minimum absolute atomic E-state index is 0.0000463. The number of hydrogen-bond acceptors (Lipinski definition) is 5. The first kappa shape index (κ1) is 9.88. The number of aliphatic hydroxyl groups excluding tert-OH is 2. The van der Waals surface area contributed by atoms with Crippen LogP contribution in [0.1, 0.15) is 5.69 Å². The molecule has 5 heteroatoms. The van der Waals surface area contributed by atoms with Gasteiger partial charge in [-0.15, -0.1) is 0 Å². The van der Waals surface area contributed by atoms with E-state index in [-0.39, 0.29) is 19.2 Å². The second-order valence-corrected chi connectivity index (χ2v) is 2.63. The number of nitrogens with zero attached hydrogens (tertiary/aromatic N) is 2. The molecule has 0 aliphatic heterocycles. The summed E-state index contributed by atoms with van der Waals surface area (Å²) in [6.45, 7) is 1.49. The standard InChI is InChI=1S/C8H12N2O3/c1-6-2-3-9-8(10-6)13-5-7(12)4-11/h2-3,7,11-12H,4-5H2,1H3/t7-/m1/s1. The van der Waals surface area contributed by atoms with Crippen LogP contribution in [0.15, 0.2) is 12.3 Å². The maximum Gasteiger partial charge on any atom is 0.316 e. The highest BCUT2D eigenvalue weighted by Crippen LogP contribution is 2.01. The van der Waals surface area contributed by atoms with Crippen molar-refractivity contribution < 1.29 is 14.9 Å². The average Bonchev–Trinajstić information content (AvgIpc) is 2.14. The van der Waals surface area contributed by atoms with Crippen LogP contribution >= 0.6 is 0 Å². The molecular formula is C8H12N2O3. The molecule has 13 heavy (non-hydrogen) atoms. The summed E-state index contributed by atoms with van der Waals surface area (Å²) < 4.78 is 5.01. The van der Waals surface area contributed by atoms with Crippen molar-refractivity contribution in [3.8, 4) is 6.01 Å². The molecule has 0 amide bonds. The number of ether oxygens (including phenoxy) is 1. The molecule has 0 aliphatic carbocycles. The van der Waals surface area contributed by atoms with Gasteiger partial charge in [-0.3, -0.25) is 0 Å². The highest BCUT2D eigenvalue weighted by molar-refractivity contribution is 5.02. The molecule has 0 bridgehead atoms. The van der Waals surface area contributed by atoms with Crippen LogP contribution in [0.3, 0.4) is 0 Å². The Hall–Kier alpha value is -1.20. The second-order valence-electron chi connectivity index (χ2n) is 2.63. The maximum absolute atomic E-state index is 8.96. The summed E-state index contributed by atoms with van der Waals surface area (Å²) >= 11 is 0. The van der Waals surface area contributed by atoms with Crippen LogP contribution in [0.4, 0.5) is 0 Å². The lowest BCUT2D eigenvalue weighted by Gasteiger charge is -2.07. The zero-order chi connectivity index (χ0) is 9.68. The van der Waals surface area contributed by atoms with E-state index in [2.05, 4.69) is 9.97 Å². The SMILES string of the molecule is Cc1ccnc(OC[C@H](O)CO)n1. The average molecular weight is 184 g/mol. The molecule has 0 saturated heterocycles. The summed E-state index contributed by atoms with van der Waals surface area (Å²) in [4.78, 5) is 7.77. The van der Waals surface area contributed by atoms with Gasteiger partial charge in [0.05, 0.1) is 6.61 Å². The zero-order valence-electron chi connectivity index (χ0n) is 7.34. The van der Waals surface area contributed by atoms with Gasteiger partial charge in [0.15, 0.2) is 0 Å². The first-order valence-corrected chi connectivity index (χ1v) is 3.93. The van der Waals surface area contributed by atoms with E-state index in [1.807, 2.05) is 6.92 Å². The first-order chi connectivity index (χ1) is 6.22. The Morgan fingerprint density at radius 1 is 1.62 bits per heavy atom. The van der Waals surface area contributed by atoms with Gasteiger partial charge >= 0.3 is 6.01 Å². The summed E-state index contributed by atoms with van der Waals surface area (Å²) in [5.74, 6) is 0. The fourth-order valence-electron chi connectivity index (χ4n) is 0.719. The fraction of sp³-hybridized carbons (Fsp3) is 0.500. The van der Waals surface area contributed by atoms with E-state index < -0.39 is 6.10 Å². The third-order valence-electron chi connectivity index (χ3n) is 1.39. The van der Waals surface area contributed by atoms with Gasteiger partial charge in [0, 0.05) is 11.9 Å². The predicted octanol–water partition coefficient (Wildman–Crippen LogP) is -0.483. The van der Waals surface area contributed by atoms with E-state index in [0.29, 0.717) is 0 Å². The van der Waals surface area contributed by atoms with Crippen molar-refractivity contribution in [1.29, 1.82) is 0 Å². The van der Waals surface area contributed by atoms with Gasteiger partial charge < -0.3 is 14.9 Å². The topological polar surface area (TPSA) is 75.5 Å². The molecule has 0 radical (unpaired) electrons. The molecule has 5 nitrogen and oxygen atoms in total. The summed E-state index contributed by atoms with van der Waals surface area (Å²) in [6, 6.07) is 1.96. The summed E-state index contributed by atoms with van der Waals surface area (Å²) in [6.07, 6.45) is 0.687. The molecule has 0 unspecified atom stereocenters. The molecule has 1 rings (SSSR count). The molecular weight excluding hydrogens is 172 g/mol. The lowest BCUT2D eigenvalue weighted by atomic mass is 10.4. The van der Waals surface area contributed by atoms with Crippen molar-refractivity contribution in [2.24, 2.45) is 0 Å². The normalized spacial score (nSPS) is 12.5. The molecule has 1 aromatic rings. The van der Waals surface area contributed by atoms with E-state index in [9.17, 15) is 0 Å². The zero-order valence-corrected chi connectivity index (χ0v) is 7.34. The van der Waals surface area contributed by atoms with E-state index in [1.54, 1.807) is 12.3 Å². The van der Waals surface area contributed by atoms with Crippen molar-refractivity contribution in [3.63, 3.8) is 0 Å². The largest absolute Gasteiger partial charge is 0.461 e. The number of aromatic nitrogens is 2. The third kappa shape index (κ3) is 3.35. The van der Waals surface area contributed by atoms with Crippen molar-refractivity contribution in [1.82, 2.24) is 9.97 Å². The van der Waals surface area contributed by atoms with Crippen LogP contribution in [0.2, 0.25) is 0 Å². The number of aliphatic hydroxyl groups is 2. The number of aryl methyl sites for hydroxylation is 1. The van der Waals surface area contributed by atoms with Crippen molar-refractivity contribution >= 4 is 0 Å². The molecule has 72 valence electrons. The van der Waals surface area contributed by atoms with Crippen molar-refractivity contribution in [2.45, 2.75) is 13.0 Å². The van der Waals surface area contributed by atoms with E-state index in [0.717, 1.165) is 5.69 Å². The summed E-state index contributed by atoms with van der Waals surface area (Å²) in [7, 11) is 0. The molecule has 0 aliphatic rings. The predicted molar refractivity (Wildman–Crippen MR) is 45.4 cm³/mol. The van der Waals surface area contributed by atoms with Crippen LogP contribution < -0.4 is 4.74 Å². The van der Waals surface area contributed by atoms with Crippen molar-refractivity contribution in [2.75, 3.05) is 13.2 Å². The molecule has 1 aromatic heterocycles. The minimum Gasteiger partial charge on any atom is -0.461 e. The number of hydrogen-bond donors (Lipinski definition) is 2. The Morgan fingerprint density at radius 3 is 3.00 bits per heavy atom. The monoisotopic (exact) mass is 184 g/mol. The van der Waals surface area contributed by atoms with Gasteiger partial charge in [-0.25, -0.2) is 9.97 Å². The van der Waals surface area contributed by atoms with Gasteiger partial charge in [0.25, 0.3) is 0 Å². The van der Waals surface area contributed by atoms with Gasteiger partial charge in [-0.05, 0) is 13.0 Å². The molecule has 0 saturated carbocycles. The van der Waals surface area contributed by atoms with Crippen molar-refractivity contribution in [3.05, 3.63) is 18.0 Å². The minimum atomic E-state index is -0.885. The molecule has 2 N–H and O–H groups in total. The molecule has 0 aromatic carbocycles. The quantitative estimate of drug-likeness (QED) is 0.660. The Labute approximate surface area is 76.0 Å². The van der Waals surface area contributed by atoms with Gasteiger partial charge in [-0.1, -0.05) is 0 Å². The van der Waals surface area contributed by atoms with E-state index in [4.69, 9.17) is 14.9 Å². The van der Waals surface area contributed by atoms with Crippen LogP contribution in [-0.4, -0.2) is 39.5 Å². The van der Waals surface area contributed by atoms with Crippen LogP contribution in [-0.2, 0) is 0 Å². The van der Waals surface area contributed by atoms with Gasteiger partial charge in [0.2, 0.25) is 0 Å². The first-order valence-electron chi connectivity index (χ1n) is 3.93. The Kier molecular flexibility index (Phi) is 3.60. The lowest BCUT2D eigenvalue weighted by Crippen LogP contribution is -2.21. The highest BCUT2D eigenvalue weighted by atomic mass is 16.5. The van der Waals surface area contributed by atoms with E-state index in [1.165, 1.54) is 0 Å². The van der Waals surface area contributed by atoms with Crippen LogP contribution in [0.5, 0.6) is 6.01 Å². The van der Waals surface area contributed by atoms with E-state index >= 15 is 0 Å². The number of rotatable bonds is 4. The maximum atomic E-state index is 8.96. The van der Waals surface area contributed by atoms with Crippen LogP contribution in [0, 0.1) is 6.92 Å². The second kappa shape index (κ2) is 4.74. The Morgan fingerprint density at radius 2 is 2.38 bits per heavy atom. The van der Waals surface area contributed by atoms with Gasteiger partial charge in [-0.2, -0.15) is 0 Å². The fourth-order valence-corrected chi connectivity index (χ4v) is 0.719. The van der Waals surface area contributed by atoms with Crippen LogP contribution in [0.25, 0.3) is 0 Å². The molecule has 1 heterocycles. The molecule has 0 fully saturated rings. The lowest BCUT2D eigenvalue weighted by molar-refractivity contribution is 0.0504. The van der Waals surface area contributed by atoms with Gasteiger partial charge in [0.1, 0.15) is 12.7 Å². The Balaban J connectivity index is 2.45. The summed E-state index contributed by atoms with van der Waals surface area (Å²) in [5.41, 5.74) is 0.795. The smallest absolute Gasteiger partial charge is 0.316 e. The third-order valence-corrected chi connectivity index (χ3v) is 1.39. The Bertz CT molecular complexity index is 267. The molecule has 0 spiro atoms.